The molecule has 0 heterocycles. The maximum atomic E-state index is 5.47. The Morgan fingerprint density at radius 3 is 1.58 bits per heavy atom. The van der Waals surface area contributed by atoms with Gasteiger partial charge in [-0.15, -0.1) is 0 Å². The van der Waals surface area contributed by atoms with E-state index in [1.165, 1.54) is 18.1 Å². The van der Waals surface area contributed by atoms with Crippen molar-refractivity contribution in [1.82, 2.24) is 4.57 Å². The van der Waals surface area contributed by atoms with E-state index < -0.39 is 17.0 Å². The van der Waals surface area contributed by atoms with Gasteiger partial charge in [0.05, 0.1) is 0 Å². The molecule has 4 nitrogen and oxygen atoms in total. The highest BCUT2D eigenvalue weighted by Crippen LogP contribution is 2.24. The smallest absolute Gasteiger partial charge is 0.377 e. The van der Waals surface area contributed by atoms with Crippen LogP contribution in [0.4, 0.5) is 0 Å². The Kier molecular flexibility index (Phi) is 9.39. The summed E-state index contributed by atoms with van der Waals surface area (Å²) in [5, 5.41) is 0. The largest absolute Gasteiger partial charge is 0.500 e. The molecule has 0 aromatic heterocycles. The lowest BCUT2D eigenvalue weighted by atomic mass is 10.5. The first-order chi connectivity index (χ1) is 8.99. The van der Waals surface area contributed by atoms with Crippen molar-refractivity contribution < 1.29 is 13.3 Å². The van der Waals surface area contributed by atoms with Crippen LogP contribution in [0.15, 0.2) is 0 Å². The van der Waals surface area contributed by atoms with Crippen LogP contribution in [-0.2, 0) is 13.3 Å². The minimum absolute atomic E-state index is 0.891. The van der Waals surface area contributed by atoms with Crippen molar-refractivity contribution in [3.8, 4) is 0 Å². The molecule has 0 saturated heterocycles. The lowest BCUT2D eigenvalue weighted by molar-refractivity contribution is 0.122. The Hall–Kier alpha value is 0.274. The number of hydrogen-bond acceptors (Lipinski definition) is 4. The summed E-state index contributed by atoms with van der Waals surface area (Å²) in [6.45, 7) is 8.14. The first-order valence-corrected chi connectivity index (χ1v) is 11.9. The summed E-state index contributed by atoms with van der Waals surface area (Å²) in [6.07, 6.45) is 1.08. The molecule has 0 aliphatic rings. The molecule has 0 aromatic rings. The molecule has 0 aromatic carbocycles. The van der Waals surface area contributed by atoms with E-state index in [1.807, 2.05) is 0 Å². The molecule has 0 N–H and O–H groups in total. The van der Waals surface area contributed by atoms with Gasteiger partial charge in [0.25, 0.3) is 0 Å². The Balaban J connectivity index is 4.40. The third-order valence-corrected chi connectivity index (χ3v) is 13.3. The third-order valence-electron chi connectivity index (χ3n) is 4.69. The highest BCUT2D eigenvalue weighted by Gasteiger charge is 2.38. The molecule has 116 valence electrons. The normalized spacial score (nSPS) is 13.3. The lowest BCUT2D eigenvalue weighted by Gasteiger charge is -2.38. The molecule has 0 atom stereocenters. The summed E-state index contributed by atoms with van der Waals surface area (Å²) >= 11 is 0. The summed E-state index contributed by atoms with van der Waals surface area (Å²) in [6, 6.07) is 4.89. The van der Waals surface area contributed by atoms with Gasteiger partial charge in [0, 0.05) is 27.4 Å². The van der Waals surface area contributed by atoms with Gasteiger partial charge in [-0.05, 0) is 38.1 Å². The second-order valence-electron chi connectivity index (χ2n) is 5.11. The van der Waals surface area contributed by atoms with E-state index in [1.54, 1.807) is 21.3 Å². The van der Waals surface area contributed by atoms with Crippen molar-refractivity contribution in [2.24, 2.45) is 0 Å². The van der Waals surface area contributed by atoms with Crippen molar-refractivity contribution in [2.45, 2.75) is 51.4 Å². The first kappa shape index (κ1) is 19.3. The average molecular weight is 308 g/mol. The van der Waals surface area contributed by atoms with E-state index in [2.05, 4.69) is 32.4 Å². The maximum Gasteiger partial charge on any atom is 0.500 e. The van der Waals surface area contributed by atoms with E-state index in [4.69, 9.17) is 13.3 Å². The summed E-state index contributed by atoms with van der Waals surface area (Å²) in [5.74, 6) is 0. The van der Waals surface area contributed by atoms with Crippen molar-refractivity contribution in [3.63, 3.8) is 0 Å². The Labute approximate surface area is 121 Å². The van der Waals surface area contributed by atoms with Gasteiger partial charge in [0.1, 0.15) is 8.24 Å². The average Bonchev–Trinajstić information content (AvgIpc) is 2.46. The number of rotatable bonds is 11. The molecule has 0 rings (SSSR count). The molecule has 19 heavy (non-hydrogen) atoms. The molecule has 0 bridgehead atoms. The highest BCUT2D eigenvalue weighted by atomic mass is 28.4. The van der Waals surface area contributed by atoms with E-state index in [0.29, 0.717) is 0 Å². The second-order valence-corrected chi connectivity index (χ2v) is 13.5. The Bertz CT molecular complexity index is 217. The van der Waals surface area contributed by atoms with Crippen LogP contribution in [0.3, 0.4) is 0 Å². The van der Waals surface area contributed by atoms with Crippen molar-refractivity contribution in [2.75, 3.05) is 34.9 Å². The van der Waals surface area contributed by atoms with Gasteiger partial charge in [-0.3, -0.25) is 0 Å². The quantitative estimate of drug-likeness (QED) is 0.549. The molecule has 0 radical (unpaired) electrons. The molecule has 0 amide bonds. The maximum absolute atomic E-state index is 5.47. The standard InChI is InChI=1S/C13H33NO3Si2/c1-8-18(9-2,10-3)14(4)12-11-13-19(15-5,16-6)17-7/h8-13H2,1-7H3. The van der Waals surface area contributed by atoms with Crippen LogP contribution in [-0.4, -0.2) is 56.5 Å². The third kappa shape index (κ3) is 4.95. The Morgan fingerprint density at radius 1 is 0.842 bits per heavy atom. The fourth-order valence-corrected chi connectivity index (χ4v) is 8.34. The van der Waals surface area contributed by atoms with E-state index in [-0.39, 0.29) is 0 Å². The lowest BCUT2D eigenvalue weighted by Crippen LogP contribution is -2.51. The van der Waals surface area contributed by atoms with E-state index >= 15 is 0 Å². The molecule has 0 fully saturated rings. The zero-order valence-electron chi connectivity index (χ0n) is 13.9. The van der Waals surface area contributed by atoms with Crippen LogP contribution in [0.25, 0.3) is 0 Å². The van der Waals surface area contributed by atoms with Crippen molar-refractivity contribution in [3.05, 3.63) is 0 Å². The second kappa shape index (κ2) is 9.25. The van der Waals surface area contributed by atoms with Crippen LogP contribution < -0.4 is 0 Å². The fraction of sp³-hybridized carbons (Fsp3) is 1.00. The summed E-state index contributed by atoms with van der Waals surface area (Å²) in [4.78, 5) is 0. The monoisotopic (exact) mass is 307 g/mol. The number of nitrogens with zero attached hydrogens (tertiary/aromatic N) is 1. The SMILES string of the molecule is CC[Si](CC)(CC)N(C)CCC[Si](OC)(OC)OC. The van der Waals surface area contributed by atoms with Crippen LogP contribution in [0.1, 0.15) is 27.2 Å². The molecule has 0 aliphatic carbocycles. The minimum atomic E-state index is -2.39. The zero-order chi connectivity index (χ0) is 14.9. The van der Waals surface area contributed by atoms with Gasteiger partial charge < -0.3 is 17.8 Å². The van der Waals surface area contributed by atoms with Gasteiger partial charge >= 0.3 is 8.80 Å². The predicted molar refractivity (Wildman–Crippen MR) is 86.0 cm³/mol. The topological polar surface area (TPSA) is 30.9 Å². The number of hydrogen-bond donors (Lipinski definition) is 0. The highest BCUT2D eigenvalue weighted by molar-refractivity contribution is 6.76. The van der Waals surface area contributed by atoms with Crippen molar-refractivity contribution >= 4 is 17.0 Å². The predicted octanol–water partition coefficient (Wildman–Crippen LogP) is 3.19. The zero-order valence-corrected chi connectivity index (χ0v) is 15.9. The fourth-order valence-electron chi connectivity index (χ4n) is 2.89. The molecule has 0 spiro atoms. The van der Waals surface area contributed by atoms with Crippen LogP contribution in [0.2, 0.25) is 24.2 Å². The van der Waals surface area contributed by atoms with Crippen LogP contribution in [0, 0.1) is 0 Å². The first-order valence-electron chi connectivity index (χ1n) is 7.36. The van der Waals surface area contributed by atoms with Crippen LogP contribution in [0.5, 0.6) is 0 Å². The molecular formula is C13H33NO3Si2. The van der Waals surface area contributed by atoms with Crippen molar-refractivity contribution in [1.29, 1.82) is 0 Å². The summed E-state index contributed by atoms with van der Waals surface area (Å²) in [5.41, 5.74) is 0. The van der Waals surface area contributed by atoms with Gasteiger partial charge in [0.2, 0.25) is 0 Å². The Morgan fingerprint density at radius 2 is 1.26 bits per heavy atom. The molecular weight excluding hydrogens is 274 g/mol. The van der Waals surface area contributed by atoms with Gasteiger partial charge in [-0.25, -0.2) is 0 Å². The molecule has 0 aliphatic heterocycles. The molecule has 6 heteroatoms. The summed E-state index contributed by atoms with van der Waals surface area (Å²) in [7, 11) is 3.74. The van der Waals surface area contributed by atoms with E-state index in [9.17, 15) is 0 Å². The summed E-state index contributed by atoms with van der Waals surface area (Å²) < 4.78 is 19.0. The van der Waals surface area contributed by atoms with Gasteiger partial charge in [-0.2, -0.15) is 0 Å². The minimum Gasteiger partial charge on any atom is -0.377 e. The molecule has 0 unspecified atom stereocenters. The molecule has 0 saturated carbocycles. The van der Waals surface area contributed by atoms with Gasteiger partial charge in [0.15, 0.2) is 0 Å². The van der Waals surface area contributed by atoms with Crippen LogP contribution >= 0.6 is 0 Å². The van der Waals surface area contributed by atoms with Gasteiger partial charge in [-0.1, -0.05) is 20.8 Å². The van der Waals surface area contributed by atoms with E-state index in [0.717, 1.165) is 19.0 Å².